The van der Waals surface area contributed by atoms with Gasteiger partial charge in [0.25, 0.3) is 5.91 Å². The number of methoxy groups -OCH3 is 3. The molecule has 0 unspecified atom stereocenters. The summed E-state index contributed by atoms with van der Waals surface area (Å²) < 4.78 is 21.3. The Morgan fingerprint density at radius 1 is 1.14 bits per heavy atom. The SMILES string of the molecule is COCC(=O)N(c1ccc(OC)c(OC)c1)C1CCN(Cc2ccco2)CC1. The molecule has 0 saturated carbocycles. The van der Waals surface area contributed by atoms with Crippen molar-refractivity contribution in [3.63, 3.8) is 0 Å². The lowest BCUT2D eigenvalue weighted by Crippen LogP contribution is -2.48. The third-order valence-electron chi connectivity index (χ3n) is 5.06. The predicted octanol–water partition coefficient (Wildman–Crippen LogP) is 2.94. The molecule has 1 fully saturated rings. The topological polar surface area (TPSA) is 64.4 Å². The maximum absolute atomic E-state index is 12.8. The van der Waals surface area contributed by atoms with Crippen LogP contribution < -0.4 is 14.4 Å². The fourth-order valence-electron chi connectivity index (χ4n) is 3.68. The number of amides is 1. The number of hydrogen-bond donors (Lipinski definition) is 0. The van der Waals surface area contributed by atoms with Crippen LogP contribution >= 0.6 is 0 Å². The van der Waals surface area contributed by atoms with E-state index >= 15 is 0 Å². The molecule has 7 heteroatoms. The zero-order valence-electron chi connectivity index (χ0n) is 16.7. The summed E-state index contributed by atoms with van der Waals surface area (Å²) in [5.74, 6) is 2.15. The molecule has 1 amide bonds. The first-order valence-corrected chi connectivity index (χ1v) is 9.44. The van der Waals surface area contributed by atoms with Gasteiger partial charge in [0.15, 0.2) is 11.5 Å². The standard InChI is InChI=1S/C21H28N2O5/c1-25-15-21(24)23(17-6-7-19(26-2)20(13-17)27-3)16-8-10-22(11-9-16)14-18-5-4-12-28-18/h4-7,12-13,16H,8-11,14-15H2,1-3H3. The summed E-state index contributed by atoms with van der Waals surface area (Å²) in [5.41, 5.74) is 0.796. The van der Waals surface area contributed by atoms with Crippen molar-refractivity contribution in [3.8, 4) is 11.5 Å². The number of benzene rings is 1. The summed E-state index contributed by atoms with van der Waals surface area (Å²) in [5, 5.41) is 0. The summed E-state index contributed by atoms with van der Waals surface area (Å²) in [6.07, 6.45) is 3.46. The number of rotatable bonds is 8. The molecule has 1 aromatic carbocycles. The van der Waals surface area contributed by atoms with Gasteiger partial charge in [0.1, 0.15) is 12.4 Å². The molecule has 28 heavy (non-hydrogen) atoms. The van der Waals surface area contributed by atoms with Gasteiger partial charge in [-0.15, -0.1) is 0 Å². The fraction of sp³-hybridized carbons (Fsp3) is 0.476. The molecule has 0 spiro atoms. The molecule has 152 valence electrons. The molecule has 0 bridgehead atoms. The minimum Gasteiger partial charge on any atom is -0.493 e. The Morgan fingerprint density at radius 3 is 2.50 bits per heavy atom. The number of hydrogen-bond acceptors (Lipinski definition) is 6. The lowest BCUT2D eigenvalue weighted by molar-refractivity contribution is -0.122. The fourth-order valence-corrected chi connectivity index (χ4v) is 3.68. The molecule has 7 nitrogen and oxygen atoms in total. The normalized spacial score (nSPS) is 15.4. The van der Waals surface area contributed by atoms with Crippen molar-refractivity contribution in [2.45, 2.75) is 25.4 Å². The number of nitrogens with zero attached hydrogens (tertiary/aromatic N) is 2. The highest BCUT2D eigenvalue weighted by Crippen LogP contribution is 2.34. The highest BCUT2D eigenvalue weighted by Gasteiger charge is 2.30. The van der Waals surface area contributed by atoms with E-state index in [4.69, 9.17) is 18.6 Å². The Labute approximate surface area is 165 Å². The zero-order valence-corrected chi connectivity index (χ0v) is 16.7. The first-order chi connectivity index (χ1) is 13.7. The van der Waals surface area contributed by atoms with E-state index in [9.17, 15) is 4.79 Å². The average Bonchev–Trinajstić information content (AvgIpc) is 3.22. The smallest absolute Gasteiger partial charge is 0.253 e. The Bertz CT molecular complexity index is 754. The maximum atomic E-state index is 12.8. The summed E-state index contributed by atoms with van der Waals surface area (Å²) in [4.78, 5) is 17.0. The van der Waals surface area contributed by atoms with Gasteiger partial charge >= 0.3 is 0 Å². The molecule has 0 radical (unpaired) electrons. The van der Waals surface area contributed by atoms with E-state index < -0.39 is 0 Å². The van der Waals surface area contributed by atoms with Crippen LogP contribution in [0.15, 0.2) is 41.0 Å². The molecule has 1 aromatic heterocycles. The number of carbonyl (C=O) groups is 1. The summed E-state index contributed by atoms with van der Waals surface area (Å²) >= 11 is 0. The molecule has 3 rings (SSSR count). The van der Waals surface area contributed by atoms with Crippen molar-refractivity contribution in [2.75, 3.05) is 45.9 Å². The van der Waals surface area contributed by atoms with Crippen LogP contribution in [0.1, 0.15) is 18.6 Å². The lowest BCUT2D eigenvalue weighted by Gasteiger charge is -2.38. The van der Waals surface area contributed by atoms with Crippen molar-refractivity contribution in [1.82, 2.24) is 4.90 Å². The van der Waals surface area contributed by atoms with Crippen LogP contribution in [0.25, 0.3) is 0 Å². The van der Waals surface area contributed by atoms with Crippen molar-refractivity contribution < 1.29 is 23.4 Å². The molecule has 1 aliphatic rings. The van der Waals surface area contributed by atoms with Crippen LogP contribution in [0, 0.1) is 0 Å². The number of anilines is 1. The molecule has 0 aliphatic carbocycles. The van der Waals surface area contributed by atoms with E-state index in [2.05, 4.69) is 4.90 Å². The van der Waals surface area contributed by atoms with Crippen molar-refractivity contribution in [3.05, 3.63) is 42.4 Å². The van der Waals surface area contributed by atoms with Gasteiger partial charge in [-0.2, -0.15) is 0 Å². The molecule has 1 aliphatic heterocycles. The van der Waals surface area contributed by atoms with E-state index in [1.54, 1.807) is 20.5 Å². The molecule has 2 heterocycles. The largest absolute Gasteiger partial charge is 0.493 e. The second-order valence-electron chi connectivity index (χ2n) is 6.82. The molecule has 0 atom stereocenters. The quantitative estimate of drug-likeness (QED) is 0.693. The van der Waals surface area contributed by atoms with Crippen molar-refractivity contribution >= 4 is 11.6 Å². The molecular weight excluding hydrogens is 360 g/mol. The van der Waals surface area contributed by atoms with Gasteiger partial charge < -0.3 is 23.5 Å². The molecule has 1 saturated heterocycles. The van der Waals surface area contributed by atoms with Gasteiger partial charge in [0.05, 0.1) is 27.0 Å². The van der Waals surface area contributed by atoms with Crippen LogP contribution in [0.2, 0.25) is 0 Å². The highest BCUT2D eigenvalue weighted by atomic mass is 16.5. The van der Waals surface area contributed by atoms with Gasteiger partial charge in [0, 0.05) is 38.0 Å². The first-order valence-electron chi connectivity index (χ1n) is 9.44. The van der Waals surface area contributed by atoms with Crippen molar-refractivity contribution in [2.24, 2.45) is 0 Å². The summed E-state index contributed by atoms with van der Waals surface area (Å²) in [6, 6.07) is 9.57. The van der Waals surface area contributed by atoms with Gasteiger partial charge in [-0.1, -0.05) is 0 Å². The lowest BCUT2D eigenvalue weighted by atomic mass is 10.0. The zero-order chi connectivity index (χ0) is 19.9. The minimum absolute atomic E-state index is 0.0426. The third kappa shape index (κ3) is 4.66. The molecule has 2 aromatic rings. The van der Waals surface area contributed by atoms with Gasteiger partial charge in [-0.05, 0) is 37.1 Å². The van der Waals surface area contributed by atoms with E-state index in [-0.39, 0.29) is 18.6 Å². The summed E-state index contributed by atoms with van der Waals surface area (Å²) in [7, 11) is 4.73. The number of carbonyl (C=O) groups excluding carboxylic acids is 1. The Morgan fingerprint density at radius 2 is 1.89 bits per heavy atom. The number of likely N-dealkylation sites (tertiary alicyclic amines) is 1. The van der Waals surface area contributed by atoms with Crippen molar-refractivity contribution in [1.29, 1.82) is 0 Å². The van der Waals surface area contributed by atoms with Crippen LogP contribution in [0.5, 0.6) is 11.5 Å². The number of piperidine rings is 1. The Hall–Kier alpha value is -2.51. The highest BCUT2D eigenvalue weighted by molar-refractivity contribution is 5.95. The van der Waals surface area contributed by atoms with E-state index in [1.165, 1.54) is 7.11 Å². The van der Waals surface area contributed by atoms with Gasteiger partial charge in [0.2, 0.25) is 0 Å². The van der Waals surface area contributed by atoms with Crippen LogP contribution in [-0.4, -0.2) is 57.9 Å². The van der Waals surface area contributed by atoms with Gasteiger partial charge in [-0.25, -0.2) is 0 Å². The van der Waals surface area contributed by atoms with Gasteiger partial charge in [-0.3, -0.25) is 9.69 Å². The van der Waals surface area contributed by atoms with Crippen LogP contribution in [-0.2, 0) is 16.1 Å². The maximum Gasteiger partial charge on any atom is 0.253 e. The number of ether oxygens (including phenoxy) is 3. The second-order valence-corrected chi connectivity index (χ2v) is 6.82. The van der Waals surface area contributed by atoms with Crippen LogP contribution in [0.4, 0.5) is 5.69 Å². The monoisotopic (exact) mass is 388 g/mol. The molecule has 0 N–H and O–H groups in total. The predicted molar refractivity (Wildman–Crippen MR) is 106 cm³/mol. The third-order valence-corrected chi connectivity index (χ3v) is 5.06. The van der Waals surface area contributed by atoms with Crippen LogP contribution in [0.3, 0.4) is 0 Å². The van der Waals surface area contributed by atoms with E-state index in [1.807, 2.05) is 35.2 Å². The number of furan rings is 1. The summed E-state index contributed by atoms with van der Waals surface area (Å²) in [6.45, 7) is 2.63. The minimum atomic E-state index is -0.0563. The van der Waals surface area contributed by atoms with E-state index in [0.717, 1.165) is 43.9 Å². The Kier molecular flexibility index (Phi) is 6.95. The molecular formula is C21H28N2O5. The average molecular weight is 388 g/mol. The second kappa shape index (κ2) is 9.61. The Balaban J connectivity index is 1.75. The first kappa shape index (κ1) is 20.2. The van der Waals surface area contributed by atoms with E-state index in [0.29, 0.717) is 11.5 Å².